The molecule has 0 fully saturated rings. The van der Waals surface area contributed by atoms with Crippen LogP contribution in [0.15, 0.2) is 12.3 Å². The zero-order chi connectivity index (χ0) is 11.5. The van der Waals surface area contributed by atoms with Gasteiger partial charge in [-0.05, 0) is 36.0 Å². The lowest BCUT2D eigenvalue weighted by atomic mass is 9.97. The molecule has 1 atom stereocenters. The van der Waals surface area contributed by atoms with Gasteiger partial charge in [0.25, 0.3) is 0 Å². The SMILES string of the molecule is CC(C)c1ccnc2c1CCC2NCCO. The van der Waals surface area contributed by atoms with Crippen LogP contribution < -0.4 is 5.32 Å². The Kier molecular flexibility index (Phi) is 3.56. The largest absolute Gasteiger partial charge is 0.395 e. The van der Waals surface area contributed by atoms with Gasteiger partial charge in [0.1, 0.15) is 0 Å². The first kappa shape index (κ1) is 11.6. The van der Waals surface area contributed by atoms with Crippen molar-refractivity contribution in [1.82, 2.24) is 10.3 Å². The molecule has 1 unspecified atom stereocenters. The van der Waals surface area contributed by atoms with E-state index in [9.17, 15) is 0 Å². The first-order valence-electron chi connectivity index (χ1n) is 6.06. The summed E-state index contributed by atoms with van der Waals surface area (Å²) in [7, 11) is 0. The summed E-state index contributed by atoms with van der Waals surface area (Å²) in [5, 5.41) is 12.2. The molecular weight excluding hydrogens is 200 g/mol. The molecule has 0 aliphatic heterocycles. The summed E-state index contributed by atoms with van der Waals surface area (Å²) < 4.78 is 0. The maximum atomic E-state index is 8.83. The highest BCUT2D eigenvalue weighted by molar-refractivity contribution is 5.37. The second-order valence-corrected chi connectivity index (χ2v) is 4.69. The van der Waals surface area contributed by atoms with Crippen LogP contribution in [0.5, 0.6) is 0 Å². The van der Waals surface area contributed by atoms with Crippen molar-refractivity contribution in [3.05, 3.63) is 29.1 Å². The number of nitrogens with zero attached hydrogens (tertiary/aromatic N) is 1. The Bertz CT molecular complexity index is 363. The van der Waals surface area contributed by atoms with E-state index >= 15 is 0 Å². The number of hydrogen-bond donors (Lipinski definition) is 2. The van der Waals surface area contributed by atoms with Gasteiger partial charge in [-0.15, -0.1) is 0 Å². The summed E-state index contributed by atoms with van der Waals surface area (Å²) in [4.78, 5) is 4.49. The van der Waals surface area contributed by atoms with Crippen molar-refractivity contribution in [1.29, 1.82) is 0 Å². The van der Waals surface area contributed by atoms with E-state index in [-0.39, 0.29) is 6.61 Å². The lowest BCUT2D eigenvalue weighted by Crippen LogP contribution is -2.23. The van der Waals surface area contributed by atoms with E-state index in [4.69, 9.17) is 5.11 Å². The molecule has 1 aliphatic rings. The molecule has 0 saturated heterocycles. The number of pyridine rings is 1. The van der Waals surface area contributed by atoms with Gasteiger partial charge in [-0.25, -0.2) is 0 Å². The van der Waals surface area contributed by atoms with E-state index in [1.165, 1.54) is 16.8 Å². The van der Waals surface area contributed by atoms with Crippen molar-refractivity contribution in [3.8, 4) is 0 Å². The second kappa shape index (κ2) is 4.93. The summed E-state index contributed by atoms with van der Waals surface area (Å²) in [5.74, 6) is 0.563. The van der Waals surface area contributed by atoms with Crippen LogP contribution in [0.2, 0.25) is 0 Å². The van der Waals surface area contributed by atoms with Crippen LogP contribution in [0.3, 0.4) is 0 Å². The highest BCUT2D eigenvalue weighted by Crippen LogP contribution is 2.34. The van der Waals surface area contributed by atoms with Gasteiger partial charge in [0, 0.05) is 12.7 Å². The number of hydrogen-bond acceptors (Lipinski definition) is 3. The minimum atomic E-state index is 0.190. The first-order valence-corrected chi connectivity index (χ1v) is 6.06. The fourth-order valence-electron chi connectivity index (χ4n) is 2.50. The summed E-state index contributed by atoms with van der Waals surface area (Å²) in [6.07, 6.45) is 4.12. The molecule has 3 nitrogen and oxygen atoms in total. The van der Waals surface area contributed by atoms with Gasteiger partial charge in [0.15, 0.2) is 0 Å². The summed E-state index contributed by atoms with van der Waals surface area (Å²) in [6, 6.07) is 2.47. The Balaban J connectivity index is 2.23. The fraction of sp³-hybridized carbons (Fsp3) is 0.615. The predicted molar refractivity (Wildman–Crippen MR) is 64.5 cm³/mol. The zero-order valence-corrected chi connectivity index (χ0v) is 10.0. The molecular formula is C13H20N2O. The van der Waals surface area contributed by atoms with Gasteiger partial charge < -0.3 is 10.4 Å². The standard InChI is InChI=1S/C13H20N2O/c1-9(2)10-5-6-15-13-11(10)3-4-12(13)14-7-8-16/h5-6,9,12,14,16H,3-4,7-8H2,1-2H3. The van der Waals surface area contributed by atoms with Crippen LogP contribution in [-0.4, -0.2) is 23.2 Å². The lowest BCUT2D eigenvalue weighted by Gasteiger charge is -2.14. The van der Waals surface area contributed by atoms with Crippen LogP contribution in [0.1, 0.15) is 49.0 Å². The Morgan fingerprint density at radius 1 is 1.56 bits per heavy atom. The average Bonchev–Trinajstić information content (AvgIpc) is 2.69. The van der Waals surface area contributed by atoms with E-state index < -0.39 is 0 Å². The first-order chi connectivity index (χ1) is 7.74. The molecule has 1 heterocycles. The third-order valence-corrected chi connectivity index (χ3v) is 3.26. The Morgan fingerprint density at radius 2 is 2.38 bits per heavy atom. The van der Waals surface area contributed by atoms with Crippen LogP contribution >= 0.6 is 0 Å². The topological polar surface area (TPSA) is 45.2 Å². The summed E-state index contributed by atoms with van der Waals surface area (Å²) in [5.41, 5.74) is 4.05. The van der Waals surface area contributed by atoms with Crippen LogP contribution in [0.4, 0.5) is 0 Å². The third kappa shape index (κ3) is 2.11. The van der Waals surface area contributed by atoms with Crippen LogP contribution in [0.25, 0.3) is 0 Å². The summed E-state index contributed by atoms with van der Waals surface area (Å²) in [6.45, 7) is 5.29. The molecule has 0 radical (unpaired) electrons. The molecule has 2 rings (SSSR count). The molecule has 0 bridgehead atoms. The van der Waals surface area contributed by atoms with E-state index in [1.54, 1.807) is 0 Å². The van der Waals surface area contributed by atoms with Crippen molar-refractivity contribution in [2.75, 3.05) is 13.2 Å². The third-order valence-electron chi connectivity index (χ3n) is 3.26. The van der Waals surface area contributed by atoms with Gasteiger partial charge in [-0.1, -0.05) is 13.8 Å². The van der Waals surface area contributed by atoms with Crippen LogP contribution in [-0.2, 0) is 6.42 Å². The molecule has 88 valence electrons. The molecule has 1 aromatic rings. The van der Waals surface area contributed by atoms with E-state index in [1.807, 2.05) is 6.20 Å². The molecule has 16 heavy (non-hydrogen) atoms. The van der Waals surface area contributed by atoms with Crippen molar-refractivity contribution in [2.24, 2.45) is 0 Å². The van der Waals surface area contributed by atoms with Crippen molar-refractivity contribution >= 4 is 0 Å². The normalized spacial score (nSPS) is 19.1. The molecule has 0 amide bonds. The minimum Gasteiger partial charge on any atom is -0.395 e. The molecule has 0 saturated carbocycles. The maximum absolute atomic E-state index is 8.83. The van der Waals surface area contributed by atoms with E-state index in [0.29, 0.717) is 18.5 Å². The predicted octanol–water partition coefficient (Wildman–Crippen LogP) is 1.77. The fourth-order valence-corrected chi connectivity index (χ4v) is 2.50. The molecule has 1 aromatic heterocycles. The van der Waals surface area contributed by atoms with E-state index in [0.717, 1.165) is 12.8 Å². The summed E-state index contributed by atoms with van der Waals surface area (Å²) >= 11 is 0. The van der Waals surface area contributed by atoms with Gasteiger partial charge in [-0.3, -0.25) is 4.98 Å². The molecule has 0 aromatic carbocycles. The Hall–Kier alpha value is -0.930. The van der Waals surface area contributed by atoms with Crippen molar-refractivity contribution < 1.29 is 5.11 Å². The van der Waals surface area contributed by atoms with Crippen molar-refractivity contribution in [3.63, 3.8) is 0 Å². The Morgan fingerprint density at radius 3 is 3.06 bits per heavy atom. The van der Waals surface area contributed by atoms with Gasteiger partial charge in [0.05, 0.1) is 18.3 Å². The molecule has 2 N–H and O–H groups in total. The van der Waals surface area contributed by atoms with Gasteiger partial charge in [0.2, 0.25) is 0 Å². The number of rotatable bonds is 4. The monoisotopic (exact) mass is 220 g/mol. The second-order valence-electron chi connectivity index (χ2n) is 4.69. The molecule has 1 aliphatic carbocycles. The zero-order valence-electron chi connectivity index (χ0n) is 10.0. The van der Waals surface area contributed by atoms with Gasteiger partial charge in [-0.2, -0.15) is 0 Å². The lowest BCUT2D eigenvalue weighted by molar-refractivity contribution is 0.283. The molecule has 3 heteroatoms. The van der Waals surface area contributed by atoms with Crippen molar-refractivity contribution in [2.45, 2.75) is 38.6 Å². The quantitative estimate of drug-likeness (QED) is 0.813. The number of fused-ring (bicyclic) bond motifs is 1. The number of nitrogens with one attached hydrogen (secondary N) is 1. The Labute approximate surface area is 96.9 Å². The minimum absolute atomic E-state index is 0.190. The highest BCUT2D eigenvalue weighted by Gasteiger charge is 2.25. The molecule has 0 spiro atoms. The van der Waals surface area contributed by atoms with Crippen LogP contribution in [0, 0.1) is 0 Å². The smallest absolute Gasteiger partial charge is 0.0608 e. The number of aliphatic hydroxyl groups is 1. The number of aliphatic hydroxyl groups excluding tert-OH is 1. The maximum Gasteiger partial charge on any atom is 0.0608 e. The number of aromatic nitrogens is 1. The van der Waals surface area contributed by atoms with Gasteiger partial charge >= 0.3 is 0 Å². The van der Waals surface area contributed by atoms with E-state index in [2.05, 4.69) is 30.2 Å². The average molecular weight is 220 g/mol. The highest BCUT2D eigenvalue weighted by atomic mass is 16.3.